The average molecular weight is 265 g/mol. The summed E-state index contributed by atoms with van der Waals surface area (Å²) in [6.07, 6.45) is 2.14. The van der Waals surface area contributed by atoms with Crippen LogP contribution in [0, 0.1) is 0 Å². The summed E-state index contributed by atoms with van der Waals surface area (Å²) in [6, 6.07) is 7.17. The Morgan fingerprint density at radius 3 is 2.72 bits per heavy atom. The first-order valence-corrected chi connectivity index (χ1v) is 5.85. The van der Waals surface area contributed by atoms with Crippen molar-refractivity contribution in [1.82, 2.24) is 0 Å². The van der Waals surface area contributed by atoms with E-state index in [-0.39, 0.29) is 11.8 Å². The number of rotatable bonds is 2. The van der Waals surface area contributed by atoms with Crippen molar-refractivity contribution in [2.45, 2.75) is 12.5 Å². The predicted octanol–water partition coefficient (Wildman–Crippen LogP) is 2.24. The van der Waals surface area contributed by atoms with Gasteiger partial charge in [-0.3, -0.25) is 4.99 Å². The Hall–Kier alpha value is -1.81. The van der Waals surface area contributed by atoms with Crippen LogP contribution in [0.25, 0.3) is 0 Å². The van der Waals surface area contributed by atoms with E-state index in [1.165, 1.54) is 7.11 Å². The third-order valence-electron chi connectivity index (χ3n) is 2.70. The highest BCUT2D eigenvalue weighted by atomic mass is 35.5. The van der Waals surface area contributed by atoms with Crippen molar-refractivity contribution in [2.24, 2.45) is 10.7 Å². The predicted molar refractivity (Wildman–Crippen MR) is 70.5 cm³/mol. The lowest BCUT2D eigenvalue weighted by atomic mass is 9.99. The monoisotopic (exact) mass is 264 g/mol. The van der Waals surface area contributed by atoms with Crippen LogP contribution in [0.15, 0.2) is 41.0 Å². The highest BCUT2D eigenvalue weighted by Gasteiger charge is 2.21. The van der Waals surface area contributed by atoms with Gasteiger partial charge in [0, 0.05) is 17.1 Å². The first-order valence-electron chi connectivity index (χ1n) is 5.48. The molecule has 0 aromatic heterocycles. The fraction of sp³-hybridized carbons (Fsp3) is 0.231. The molecule has 0 bridgehead atoms. The maximum absolute atomic E-state index is 11.5. The van der Waals surface area contributed by atoms with Crippen LogP contribution in [0.3, 0.4) is 0 Å². The highest BCUT2D eigenvalue weighted by Crippen LogP contribution is 2.28. The SMILES string of the molecule is COC(=O)C1=NC(c2ccc(Cl)cc2)CC(N)=C1. The number of methoxy groups -OCH3 is 1. The van der Waals surface area contributed by atoms with Gasteiger partial charge in [-0.1, -0.05) is 23.7 Å². The summed E-state index contributed by atoms with van der Waals surface area (Å²) < 4.78 is 4.65. The van der Waals surface area contributed by atoms with Crippen LogP contribution in [0.2, 0.25) is 5.02 Å². The van der Waals surface area contributed by atoms with Crippen LogP contribution in [0.1, 0.15) is 18.0 Å². The van der Waals surface area contributed by atoms with Crippen LogP contribution in [0.4, 0.5) is 0 Å². The van der Waals surface area contributed by atoms with E-state index in [1.807, 2.05) is 12.1 Å². The third kappa shape index (κ3) is 2.71. The molecule has 2 N–H and O–H groups in total. The number of hydrogen-bond donors (Lipinski definition) is 1. The Balaban J connectivity index is 2.30. The van der Waals surface area contributed by atoms with Crippen molar-refractivity contribution in [2.75, 3.05) is 7.11 Å². The lowest BCUT2D eigenvalue weighted by molar-refractivity contribution is -0.132. The van der Waals surface area contributed by atoms with Gasteiger partial charge in [0.2, 0.25) is 0 Å². The minimum absolute atomic E-state index is 0.165. The van der Waals surface area contributed by atoms with Gasteiger partial charge < -0.3 is 10.5 Å². The number of aliphatic imine (C=N–C) groups is 1. The molecule has 0 fully saturated rings. The number of carbonyl (C=O) groups excluding carboxylic acids is 1. The van der Waals surface area contributed by atoms with Gasteiger partial charge in [0.1, 0.15) is 5.71 Å². The number of carbonyl (C=O) groups is 1. The molecule has 0 radical (unpaired) electrons. The van der Waals surface area contributed by atoms with Crippen molar-refractivity contribution in [1.29, 1.82) is 0 Å². The van der Waals surface area contributed by atoms with Crippen LogP contribution in [0.5, 0.6) is 0 Å². The molecule has 1 heterocycles. The molecule has 0 saturated carbocycles. The summed E-state index contributed by atoms with van der Waals surface area (Å²) in [5, 5.41) is 0.662. The molecule has 0 spiro atoms. The van der Waals surface area contributed by atoms with E-state index in [0.717, 1.165) is 5.56 Å². The molecule has 4 nitrogen and oxygen atoms in total. The number of dihydropyridines is 1. The smallest absolute Gasteiger partial charge is 0.356 e. The number of halogens is 1. The zero-order valence-electron chi connectivity index (χ0n) is 9.89. The van der Waals surface area contributed by atoms with Gasteiger partial charge in [0.05, 0.1) is 13.2 Å². The molecule has 1 aliphatic rings. The standard InChI is InChI=1S/C13H13ClN2O2/c1-18-13(17)12-7-10(15)6-11(16-12)8-2-4-9(14)5-3-8/h2-5,7,11H,6,15H2,1H3. The largest absolute Gasteiger partial charge is 0.464 e. The van der Waals surface area contributed by atoms with Crippen LogP contribution >= 0.6 is 11.6 Å². The lowest BCUT2D eigenvalue weighted by Gasteiger charge is -2.18. The van der Waals surface area contributed by atoms with E-state index >= 15 is 0 Å². The van der Waals surface area contributed by atoms with E-state index in [2.05, 4.69) is 9.73 Å². The molecular weight excluding hydrogens is 252 g/mol. The number of benzene rings is 1. The molecule has 1 aromatic rings. The van der Waals surface area contributed by atoms with E-state index in [0.29, 0.717) is 17.1 Å². The molecular formula is C13H13ClN2O2. The zero-order valence-corrected chi connectivity index (χ0v) is 10.6. The van der Waals surface area contributed by atoms with Crippen molar-refractivity contribution >= 4 is 23.3 Å². The Morgan fingerprint density at radius 1 is 1.44 bits per heavy atom. The molecule has 1 atom stereocenters. The molecule has 18 heavy (non-hydrogen) atoms. The Bertz CT molecular complexity index is 520. The summed E-state index contributed by atoms with van der Waals surface area (Å²) in [5.74, 6) is -0.475. The van der Waals surface area contributed by atoms with Gasteiger partial charge in [-0.25, -0.2) is 4.79 Å². The topological polar surface area (TPSA) is 64.7 Å². The molecule has 2 rings (SSSR count). The van der Waals surface area contributed by atoms with E-state index < -0.39 is 5.97 Å². The van der Waals surface area contributed by atoms with Gasteiger partial charge in [-0.05, 0) is 23.8 Å². The van der Waals surface area contributed by atoms with Gasteiger partial charge in [-0.15, -0.1) is 0 Å². The third-order valence-corrected chi connectivity index (χ3v) is 2.95. The molecule has 5 heteroatoms. The summed E-state index contributed by atoms with van der Waals surface area (Å²) in [5.41, 5.74) is 7.66. The molecule has 1 aliphatic heterocycles. The maximum Gasteiger partial charge on any atom is 0.356 e. The molecule has 0 saturated heterocycles. The number of esters is 1. The summed E-state index contributed by atoms with van der Waals surface area (Å²) >= 11 is 5.83. The van der Waals surface area contributed by atoms with Crippen molar-refractivity contribution in [3.8, 4) is 0 Å². The van der Waals surface area contributed by atoms with Gasteiger partial charge in [-0.2, -0.15) is 0 Å². The zero-order chi connectivity index (χ0) is 13.1. The Morgan fingerprint density at radius 2 is 2.11 bits per heavy atom. The van der Waals surface area contributed by atoms with E-state index in [9.17, 15) is 4.79 Å². The number of ether oxygens (including phenoxy) is 1. The molecule has 0 amide bonds. The van der Waals surface area contributed by atoms with Crippen molar-refractivity contribution in [3.63, 3.8) is 0 Å². The molecule has 0 aliphatic carbocycles. The lowest BCUT2D eigenvalue weighted by Crippen LogP contribution is -2.21. The Kier molecular flexibility index (Phi) is 3.67. The molecule has 94 valence electrons. The fourth-order valence-electron chi connectivity index (χ4n) is 1.80. The summed E-state index contributed by atoms with van der Waals surface area (Å²) in [4.78, 5) is 15.8. The van der Waals surface area contributed by atoms with Crippen molar-refractivity contribution < 1.29 is 9.53 Å². The maximum atomic E-state index is 11.5. The highest BCUT2D eigenvalue weighted by molar-refractivity contribution is 6.41. The number of hydrogen-bond acceptors (Lipinski definition) is 4. The fourth-order valence-corrected chi connectivity index (χ4v) is 1.93. The molecule has 1 aromatic carbocycles. The van der Waals surface area contributed by atoms with Gasteiger partial charge in [0.15, 0.2) is 0 Å². The number of nitrogens with zero attached hydrogens (tertiary/aromatic N) is 1. The minimum Gasteiger partial charge on any atom is -0.464 e. The van der Waals surface area contributed by atoms with Crippen molar-refractivity contribution in [3.05, 3.63) is 46.6 Å². The normalized spacial score (nSPS) is 18.9. The summed E-state index contributed by atoms with van der Waals surface area (Å²) in [7, 11) is 1.32. The first kappa shape index (κ1) is 12.6. The minimum atomic E-state index is -0.475. The number of nitrogens with two attached hydrogens (primary N) is 1. The van der Waals surface area contributed by atoms with Crippen LogP contribution in [-0.4, -0.2) is 18.8 Å². The Labute approximate surface area is 110 Å². The molecule has 1 unspecified atom stereocenters. The van der Waals surface area contributed by atoms with Gasteiger partial charge in [0.25, 0.3) is 0 Å². The first-order chi connectivity index (χ1) is 8.60. The van der Waals surface area contributed by atoms with E-state index in [4.69, 9.17) is 17.3 Å². The second-order valence-electron chi connectivity index (χ2n) is 4.00. The van der Waals surface area contributed by atoms with E-state index in [1.54, 1.807) is 18.2 Å². The van der Waals surface area contributed by atoms with Crippen LogP contribution < -0.4 is 5.73 Å². The van der Waals surface area contributed by atoms with Gasteiger partial charge >= 0.3 is 5.97 Å². The average Bonchev–Trinajstić information content (AvgIpc) is 2.38. The second kappa shape index (κ2) is 5.23. The second-order valence-corrected chi connectivity index (χ2v) is 4.43. The van der Waals surface area contributed by atoms with Crippen LogP contribution in [-0.2, 0) is 9.53 Å². The quantitative estimate of drug-likeness (QED) is 0.833. The summed E-state index contributed by atoms with van der Waals surface area (Å²) in [6.45, 7) is 0.